The van der Waals surface area contributed by atoms with Crippen LogP contribution in [0.3, 0.4) is 0 Å². The van der Waals surface area contributed by atoms with E-state index >= 15 is 0 Å². The summed E-state index contributed by atoms with van der Waals surface area (Å²) >= 11 is 0. The van der Waals surface area contributed by atoms with Gasteiger partial charge >= 0.3 is 0 Å². The Balaban J connectivity index is 2.03. The molecule has 32 heavy (non-hydrogen) atoms. The third kappa shape index (κ3) is 8.71. The van der Waals surface area contributed by atoms with Gasteiger partial charge in [-0.3, -0.25) is 24.0 Å². The molecule has 1 aliphatic rings. The van der Waals surface area contributed by atoms with E-state index in [1.54, 1.807) is 13.0 Å². The Bertz CT molecular complexity index is 864. The van der Waals surface area contributed by atoms with Crippen LogP contribution in [0.4, 0.5) is 0 Å². The highest BCUT2D eigenvalue weighted by atomic mass is 16.2. The van der Waals surface area contributed by atoms with E-state index < -0.39 is 35.6 Å². The van der Waals surface area contributed by atoms with E-state index in [0.29, 0.717) is 18.9 Å². The lowest BCUT2D eigenvalue weighted by Gasteiger charge is -2.22. The number of ketones is 1. The predicted molar refractivity (Wildman–Crippen MR) is 119 cm³/mol. The van der Waals surface area contributed by atoms with E-state index in [9.17, 15) is 24.0 Å². The van der Waals surface area contributed by atoms with Crippen molar-refractivity contribution in [3.05, 3.63) is 42.0 Å². The fourth-order valence-corrected chi connectivity index (χ4v) is 3.15. The van der Waals surface area contributed by atoms with E-state index in [1.165, 1.54) is 6.08 Å². The molecule has 0 bridgehead atoms. The SMILES string of the molecule is CCNC(=O)CCC(NC(=O)[C@H](CC1CC1)NC(=O)/C=C/c1ccccc1)C(=O)C(N)=O. The van der Waals surface area contributed by atoms with Gasteiger partial charge in [-0.1, -0.05) is 43.2 Å². The van der Waals surface area contributed by atoms with Crippen LogP contribution in [0.15, 0.2) is 36.4 Å². The lowest BCUT2D eigenvalue weighted by molar-refractivity contribution is -0.139. The van der Waals surface area contributed by atoms with Gasteiger partial charge in [0.2, 0.25) is 23.5 Å². The molecule has 1 fully saturated rings. The highest BCUT2D eigenvalue weighted by Gasteiger charge is 2.33. The standard InChI is InChI=1S/C23H30N4O5/c1-2-25-19(28)13-11-17(21(30)22(24)31)27-23(32)18(14-16-8-9-16)26-20(29)12-10-15-6-4-3-5-7-15/h3-7,10,12,16-18H,2,8-9,11,13-14H2,1H3,(H2,24,31)(H,25,28)(H,26,29)(H,27,32)/b12-10+/t17?,18-/m0/s1. The van der Waals surface area contributed by atoms with Crippen molar-refractivity contribution in [2.75, 3.05) is 6.54 Å². The first-order valence-electron chi connectivity index (χ1n) is 10.7. The van der Waals surface area contributed by atoms with E-state index in [2.05, 4.69) is 16.0 Å². The van der Waals surface area contributed by atoms with E-state index in [1.807, 2.05) is 30.3 Å². The molecule has 172 valence electrons. The molecule has 4 amide bonds. The molecule has 9 heteroatoms. The summed E-state index contributed by atoms with van der Waals surface area (Å²) in [5.41, 5.74) is 5.94. The minimum Gasteiger partial charge on any atom is -0.363 e. The second-order valence-electron chi connectivity index (χ2n) is 7.77. The van der Waals surface area contributed by atoms with Crippen LogP contribution in [0.1, 0.15) is 44.6 Å². The maximum absolute atomic E-state index is 12.9. The number of carbonyl (C=O) groups excluding carboxylic acids is 5. The van der Waals surface area contributed by atoms with Gasteiger partial charge in [0.15, 0.2) is 0 Å². The minimum absolute atomic E-state index is 0.0583. The molecule has 1 unspecified atom stereocenters. The maximum Gasteiger partial charge on any atom is 0.287 e. The zero-order chi connectivity index (χ0) is 23.5. The van der Waals surface area contributed by atoms with Crippen LogP contribution in [-0.2, 0) is 24.0 Å². The molecule has 0 spiro atoms. The predicted octanol–water partition coefficient (Wildman–Crippen LogP) is 0.440. The summed E-state index contributed by atoms with van der Waals surface area (Å²) in [6.45, 7) is 2.18. The van der Waals surface area contributed by atoms with Crippen LogP contribution in [-0.4, -0.2) is 48.0 Å². The number of amides is 4. The fourth-order valence-electron chi connectivity index (χ4n) is 3.15. The largest absolute Gasteiger partial charge is 0.363 e. The summed E-state index contributed by atoms with van der Waals surface area (Å²) in [6, 6.07) is 7.13. The summed E-state index contributed by atoms with van der Waals surface area (Å²) in [5, 5.41) is 7.76. The lowest BCUT2D eigenvalue weighted by atomic mass is 10.0. The van der Waals surface area contributed by atoms with Crippen molar-refractivity contribution in [3.8, 4) is 0 Å². The minimum atomic E-state index is -1.24. The molecule has 0 aromatic heterocycles. The van der Waals surface area contributed by atoms with Crippen molar-refractivity contribution >= 4 is 35.5 Å². The van der Waals surface area contributed by atoms with Crippen molar-refractivity contribution in [3.63, 3.8) is 0 Å². The Hall–Kier alpha value is -3.49. The Morgan fingerprint density at radius 1 is 1.06 bits per heavy atom. The topological polar surface area (TPSA) is 147 Å². The molecular weight excluding hydrogens is 412 g/mol. The maximum atomic E-state index is 12.9. The first kappa shape index (κ1) is 24.8. The second-order valence-corrected chi connectivity index (χ2v) is 7.77. The Morgan fingerprint density at radius 3 is 2.34 bits per heavy atom. The molecule has 2 atom stereocenters. The third-order valence-electron chi connectivity index (χ3n) is 5.04. The Labute approximate surface area is 187 Å². The number of benzene rings is 1. The van der Waals surface area contributed by atoms with Gasteiger partial charge in [0.25, 0.3) is 5.91 Å². The van der Waals surface area contributed by atoms with Crippen LogP contribution in [0.2, 0.25) is 0 Å². The second kappa shape index (κ2) is 12.4. The van der Waals surface area contributed by atoms with Gasteiger partial charge in [-0.2, -0.15) is 0 Å². The zero-order valence-electron chi connectivity index (χ0n) is 18.1. The van der Waals surface area contributed by atoms with Crippen molar-refractivity contribution in [2.45, 2.75) is 51.1 Å². The molecule has 2 rings (SSSR count). The van der Waals surface area contributed by atoms with Crippen LogP contribution >= 0.6 is 0 Å². The Morgan fingerprint density at radius 2 is 1.75 bits per heavy atom. The number of hydrogen-bond donors (Lipinski definition) is 4. The molecule has 1 aliphatic carbocycles. The zero-order valence-corrected chi connectivity index (χ0v) is 18.1. The van der Waals surface area contributed by atoms with Gasteiger partial charge in [-0.15, -0.1) is 0 Å². The van der Waals surface area contributed by atoms with Crippen molar-refractivity contribution in [1.82, 2.24) is 16.0 Å². The summed E-state index contributed by atoms with van der Waals surface area (Å²) in [4.78, 5) is 60.5. The molecule has 1 aromatic rings. The summed E-state index contributed by atoms with van der Waals surface area (Å²) < 4.78 is 0. The molecular formula is C23H30N4O5. The average Bonchev–Trinajstić information content (AvgIpc) is 3.59. The third-order valence-corrected chi connectivity index (χ3v) is 5.04. The normalized spacial score (nSPS) is 14.9. The number of nitrogens with one attached hydrogen (secondary N) is 3. The monoisotopic (exact) mass is 442 g/mol. The lowest BCUT2D eigenvalue weighted by Crippen LogP contribution is -2.53. The summed E-state index contributed by atoms with van der Waals surface area (Å²) in [7, 11) is 0. The fraction of sp³-hybridized carbons (Fsp3) is 0.435. The van der Waals surface area contributed by atoms with Crippen molar-refractivity contribution < 1.29 is 24.0 Å². The number of hydrogen-bond acceptors (Lipinski definition) is 5. The summed E-state index contributed by atoms with van der Waals surface area (Å²) in [5.74, 6) is -3.21. The molecule has 0 saturated heterocycles. The van der Waals surface area contributed by atoms with Gasteiger partial charge in [0.05, 0.1) is 6.04 Å². The molecule has 0 heterocycles. The summed E-state index contributed by atoms with van der Waals surface area (Å²) in [6.07, 6.45) is 5.18. The number of rotatable bonds is 13. The Kier molecular flexibility index (Phi) is 9.59. The van der Waals surface area contributed by atoms with Crippen LogP contribution in [0, 0.1) is 5.92 Å². The highest BCUT2D eigenvalue weighted by Crippen LogP contribution is 2.33. The van der Waals surface area contributed by atoms with E-state index in [0.717, 1.165) is 18.4 Å². The van der Waals surface area contributed by atoms with Crippen molar-refractivity contribution in [2.24, 2.45) is 11.7 Å². The van der Waals surface area contributed by atoms with Gasteiger partial charge in [0, 0.05) is 19.0 Å². The van der Waals surface area contributed by atoms with Gasteiger partial charge in [-0.25, -0.2) is 0 Å². The molecule has 1 saturated carbocycles. The van der Waals surface area contributed by atoms with Crippen LogP contribution in [0.25, 0.3) is 6.08 Å². The number of Topliss-reactive ketones (excluding diaryl/α,β-unsaturated/α-hetero) is 1. The first-order valence-corrected chi connectivity index (χ1v) is 10.7. The van der Waals surface area contributed by atoms with E-state index in [-0.39, 0.29) is 18.7 Å². The van der Waals surface area contributed by atoms with Gasteiger partial charge in [0.1, 0.15) is 6.04 Å². The van der Waals surface area contributed by atoms with E-state index in [4.69, 9.17) is 5.73 Å². The van der Waals surface area contributed by atoms with Gasteiger partial charge in [-0.05, 0) is 37.3 Å². The quantitative estimate of drug-likeness (QED) is 0.258. The molecule has 5 N–H and O–H groups in total. The number of nitrogens with two attached hydrogens (primary N) is 1. The van der Waals surface area contributed by atoms with Crippen molar-refractivity contribution in [1.29, 1.82) is 0 Å². The van der Waals surface area contributed by atoms with Gasteiger partial charge < -0.3 is 21.7 Å². The van der Waals surface area contributed by atoms with Crippen LogP contribution in [0.5, 0.6) is 0 Å². The smallest absolute Gasteiger partial charge is 0.287 e. The average molecular weight is 443 g/mol. The molecule has 0 aliphatic heterocycles. The number of carbonyl (C=O) groups is 5. The molecule has 1 aromatic carbocycles. The first-order chi connectivity index (χ1) is 15.3. The molecule has 9 nitrogen and oxygen atoms in total. The molecule has 0 radical (unpaired) electrons. The number of primary amides is 1. The van der Waals surface area contributed by atoms with Crippen LogP contribution < -0.4 is 21.7 Å². The highest BCUT2D eigenvalue weighted by molar-refractivity contribution is 6.37.